The molecule has 4 aromatic heterocycles. The Morgan fingerprint density at radius 3 is 1.75 bits per heavy atom. The van der Waals surface area contributed by atoms with Gasteiger partial charge in [0.2, 0.25) is 29.8 Å². The molecule has 0 aliphatic rings. The van der Waals surface area contributed by atoms with E-state index >= 15 is 0 Å². The Balaban J connectivity index is 0.000000629. The number of amides is 2. The molecular weight excluding hydrogens is 807 g/mol. The second kappa shape index (κ2) is 29.1. The first-order valence-electron chi connectivity index (χ1n) is 14.2. The van der Waals surface area contributed by atoms with Crippen LogP contribution in [0.5, 0.6) is 0 Å². The van der Waals surface area contributed by atoms with Gasteiger partial charge >= 0.3 is 17.8 Å². The summed E-state index contributed by atoms with van der Waals surface area (Å²) in [5.74, 6) is 5.76. The molecule has 0 spiro atoms. The van der Waals surface area contributed by atoms with Gasteiger partial charge in [-0.2, -0.15) is 38.2 Å². The van der Waals surface area contributed by atoms with Crippen molar-refractivity contribution in [1.82, 2.24) is 72.3 Å². The molecule has 0 bridgehead atoms. The van der Waals surface area contributed by atoms with E-state index in [1.54, 1.807) is 10.9 Å². The lowest BCUT2D eigenvalue weighted by atomic mass is 10.2. The second-order valence-corrected chi connectivity index (χ2v) is 11.4. The lowest BCUT2D eigenvalue weighted by Crippen LogP contribution is -2.39. The van der Waals surface area contributed by atoms with Gasteiger partial charge in [-0.05, 0) is 41.8 Å². The molecule has 2 aromatic carbocycles. The molecule has 0 saturated carbocycles. The van der Waals surface area contributed by atoms with E-state index < -0.39 is 29.7 Å². The van der Waals surface area contributed by atoms with Gasteiger partial charge in [-0.25, -0.2) is 16.5 Å². The number of tetrazole rings is 1. The van der Waals surface area contributed by atoms with Gasteiger partial charge in [0.15, 0.2) is 7.91 Å². The topological polar surface area (TPSA) is 449 Å². The van der Waals surface area contributed by atoms with E-state index in [1.165, 1.54) is 11.3 Å². The fraction of sp³-hybridized carbons (Fsp3) is 0.120. The van der Waals surface area contributed by atoms with Crippen LogP contribution in [0, 0.1) is 7.91 Å². The van der Waals surface area contributed by atoms with Crippen molar-refractivity contribution in [3.63, 3.8) is 0 Å². The van der Waals surface area contributed by atoms with Crippen molar-refractivity contribution in [2.75, 3.05) is 18.0 Å². The van der Waals surface area contributed by atoms with Crippen molar-refractivity contribution < 1.29 is 34.2 Å². The number of benzene rings is 2. The number of Topliss-reactive ketones (excluding diaryl/α,β-unsaturated/α-hetero) is 1. The number of thiol groups is 1. The lowest BCUT2D eigenvalue weighted by Gasteiger charge is -1.96. The maximum atomic E-state index is 10.1. The number of aromatic carboxylic acids is 1. The third-order valence-electron chi connectivity index (χ3n) is 4.91. The van der Waals surface area contributed by atoms with Crippen LogP contribution in [0.2, 0.25) is 0 Å². The fourth-order valence-corrected chi connectivity index (χ4v) is 3.81. The number of H-pyrrole nitrogens is 5. The minimum absolute atomic E-state index is 0.0626. The average Bonchev–Trinajstić information content (AvgIpc) is 4.05. The number of nitrogens with one attached hydrogen (secondary N) is 7. The van der Waals surface area contributed by atoms with Gasteiger partial charge in [0.1, 0.15) is 17.1 Å². The monoisotopic (exact) mass is 841 g/mol. The van der Waals surface area contributed by atoms with E-state index in [2.05, 4.69) is 85.7 Å². The van der Waals surface area contributed by atoms with E-state index in [-0.39, 0.29) is 24.1 Å². The number of rotatable bonds is 7. The molecule has 296 valence electrons. The molecule has 30 heteroatoms. The van der Waals surface area contributed by atoms with Crippen LogP contribution in [0.1, 0.15) is 10.6 Å². The molecule has 0 aliphatic carbocycles. The summed E-state index contributed by atoms with van der Waals surface area (Å²) in [6.07, 6.45) is 0.403. The zero-order valence-corrected chi connectivity index (χ0v) is 31.2. The van der Waals surface area contributed by atoms with Crippen molar-refractivity contribution >= 4 is 95.4 Å². The van der Waals surface area contributed by atoms with Crippen LogP contribution >= 0.6 is 48.4 Å². The van der Waals surface area contributed by atoms with Crippen LogP contribution in [0.3, 0.4) is 0 Å². The Kier molecular flexibility index (Phi) is 25.7. The Bertz CT molecular complexity index is 2020. The highest BCUT2D eigenvalue weighted by Crippen LogP contribution is 2.10. The minimum Gasteiger partial charge on any atom is -0.480 e. The molecule has 6 aromatic rings. The number of anilines is 1. The number of hydrazine groups is 2. The van der Waals surface area contributed by atoms with Crippen LogP contribution in [-0.4, -0.2) is 120 Å². The summed E-state index contributed by atoms with van der Waals surface area (Å²) in [6.45, 7) is -0.303. The van der Waals surface area contributed by atoms with Crippen LogP contribution in [0.4, 0.5) is 5.95 Å². The molecule has 1 unspecified atom stereocenters. The van der Waals surface area contributed by atoms with Crippen molar-refractivity contribution in [3.8, 4) is 11.4 Å². The number of carbonyl (C=O) groups is 5. The van der Waals surface area contributed by atoms with Crippen molar-refractivity contribution in [2.24, 2.45) is 23.2 Å². The first-order chi connectivity index (χ1) is 26.2. The number of fused-ring (bicyclic) bond motifs is 1. The molecule has 26 nitrogen and oxygen atoms in total. The quantitative estimate of drug-likeness (QED) is 0.0160. The molecule has 55 heavy (non-hydrogen) atoms. The summed E-state index contributed by atoms with van der Waals surface area (Å²) >= 11 is 14.4. The number of nitrogens with zero attached hydrogens (tertiary/aromatic N) is 7. The van der Waals surface area contributed by atoms with Crippen molar-refractivity contribution in [2.45, 2.75) is 6.04 Å². The van der Waals surface area contributed by atoms with Crippen LogP contribution in [0.25, 0.3) is 22.4 Å². The number of nitrogen functional groups attached to an aromatic ring is 1. The summed E-state index contributed by atoms with van der Waals surface area (Å²) in [4.78, 5) is 52.2. The second-order valence-electron chi connectivity index (χ2n) is 8.70. The number of ketones is 1. The first kappa shape index (κ1) is 48.6. The highest BCUT2D eigenvalue weighted by Gasteiger charge is 2.07. The summed E-state index contributed by atoms with van der Waals surface area (Å²) in [5, 5.41) is 50.8. The molecule has 4 heterocycles. The maximum absolute atomic E-state index is 10.1. The molecule has 0 aliphatic heterocycles. The lowest BCUT2D eigenvalue weighted by molar-refractivity contribution is -0.137. The number of aromatic nitrogens is 12. The summed E-state index contributed by atoms with van der Waals surface area (Å²) in [7, 11) is 0. The van der Waals surface area contributed by atoms with E-state index in [0.29, 0.717) is 20.1 Å². The number of carbonyl (C=O) groups excluding carboxylic acids is 3. The van der Waals surface area contributed by atoms with Gasteiger partial charge in [-0.15, -0.1) is 15.3 Å². The van der Waals surface area contributed by atoms with Gasteiger partial charge in [0.05, 0.1) is 6.54 Å². The number of hydrogen-bond donors (Lipinski definition) is 15. The Morgan fingerprint density at radius 1 is 0.909 bits per heavy atom. The molecule has 1 atom stereocenters. The SMILES string of the molecule is NC(CS)C(=O)O.NCC(=O)C(=O)NN.NNC=O.Nc1n[nH]c(C(=O)O)n1.S=c1[nH][nH]c(=S)s1.c1ccc(-c2nn[nH]n2)cc1.c1ccc2n[nH]nc2c1. The molecule has 0 saturated heterocycles. The molecule has 6 rings (SSSR count). The van der Waals surface area contributed by atoms with Gasteiger partial charge in [0.25, 0.3) is 0 Å². The normalized spacial score (nSPS) is 9.62. The van der Waals surface area contributed by atoms with Crippen LogP contribution < -0.4 is 39.7 Å². The fourth-order valence-electron chi connectivity index (χ4n) is 2.52. The highest BCUT2D eigenvalue weighted by molar-refractivity contribution is 7.80. The van der Waals surface area contributed by atoms with E-state index in [0.717, 1.165) is 16.6 Å². The number of carboxylic acids is 2. The molecule has 2 amide bonds. The Morgan fingerprint density at radius 2 is 1.45 bits per heavy atom. The summed E-state index contributed by atoms with van der Waals surface area (Å²) in [5.41, 5.74) is 20.9. The van der Waals surface area contributed by atoms with Gasteiger partial charge < -0.3 is 27.4 Å². The maximum Gasteiger partial charge on any atom is 0.373 e. The van der Waals surface area contributed by atoms with Gasteiger partial charge in [0, 0.05) is 11.3 Å². The molecule has 19 N–H and O–H groups in total. The van der Waals surface area contributed by atoms with Gasteiger partial charge in [-0.3, -0.25) is 45.3 Å². The largest absolute Gasteiger partial charge is 0.480 e. The predicted molar refractivity (Wildman–Crippen MR) is 205 cm³/mol. The first-order valence-corrected chi connectivity index (χ1v) is 16.5. The molecule has 0 radical (unpaired) electrons. The van der Waals surface area contributed by atoms with Crippen LogP contribution in [0.15, 0.2) is 54.6 Å². The van der Waals surface area contributed by atoms with Crippen LogP contribution in [-0.2, 0) is 19.2 Å². The van der Waals surface area contributed by atoms with E-state index in [4.69, 9.17) is 56.6 Å². The minimum atomic E-state index is -1.17. The Hall–Kier alpha value is -6.41. The third-order valence-corrected chi connectivity index (χ3v) is 6.58. The highest BCUT2D eigenvalue weighted by atomic mass is 32.2. The number of para-hydroxylation sites is 2. The van der Waals surface area contributed by atoms with Crippen molar-refractivity contribution in [1.29, 1.82) is 0 Å². The summed E-state index contributed by atoms with van der Waals surface area (Å²) < 4.78 is 1.40. The number of hydrogen-bond acceptors (Lipinski definition) is 21. The number of aromatic amines is 5. The standard InChI is InChI=1S/C7H6N4.C6H5N3.C3H4N4O2.C3H7N3O2.C3H7NO2S.C2H2N2S3.CH4N2O/c1-2-4-6(5-3-1)7-8-10-11-9-7;1-2-4-6-5(3-1)7-9-8-6;4-3-5-1(2(8)9)6-7-3;4-1-2(7)3(8)6-5;4-2(1-7)3(5)6;5-1-3-4-2(6)7-1;2-3-1-4/h1-5H,(H,8,9,10,11);1-4H,(H,7,8,9);(H,8,9)(H3,4,5,6,7);1,4-5H2,(H,6,8);2,7H,1,4H2,(H,5,6);(H,3,5)(H,4,6);1H,2H2,(H,3,4). The zero-order valence-electron chi connectivity index (χ0n) is 27.9. The number of carboxylic acid groups (broad SMARTS) is 2. The average molecular weight is 842 g/mol. The van der Waals surface area contributed by atoms with E-state index in [9.17, 15) is 19.2 Å². The third kappa shape index (κ3) is 22.3. The summed E-state index contributed by atoms with van der Waals surface area (Å²) in [6, 6.07) is 16.6. The smallest absolute Gasteiger partial charge is 0.373 e. The molecular formula is C25H35N19O7S4. The van der Waals surface area contributed by atoms with Crippen molar-refractivity contribution in [3.05, 3.63) is 68.3 Å². The number of aliphatic carboxylic acids is 1. The number of nitrogens with two attached hydrogens (primary N) is 5. The Labute approximate surface area is 327 Å². The van der Waals surface area contributed by atoms with E-state index in [1.807, 2.05) is 54.6 Å². The van der Waals surface area contributed by atoms with Gasteiger partial charge in [-0.1, -0.05) is 53.8 Å². The predicted octanol–water partition coefficient (Wildman–Crippen LogP) is -1.79. The zero-order chi connectivity index (χ0) is 41.6. The molecule has 0 fully saturated rings.